The third-order valence-corrected chi connectivity index (χ3v) is 6.29. The van der Waals surface area contributed by atoms with Gasteiger partial charge in [-0.3, -0.25) is 4.79 Å². The van der Waals surface area contributed by atoms with Gasteiger partial charge in [-0.15, -0.1) is 0 Å². The Hall–Kier alpha value is -2.18. The lowest BCUT2D eigenvalue weighted by atomic mass is 9.64. The Morgan fingerprint density at radius 1 is 0.962 bits per heavy atom. The first-order valence-electron chi connectivity index (χ1n) is 8.87. The largest absolute Gasteiger partial charge is 0.354 e. The second-order valence-corrected chi connectivity index (χ2v) is 8.61. The summed E-state index contributed by atoms with van der Waals surface area (Å²) < 4.78 is 26.8. The maximum absolute atomic E-state index is 12.7. The van der Waals surface area contributed by atoms with Crippen molar-refractivity contribution >= 4 is 15.9 Å². The first kappa shape index (κ1) is 18.6. The molecule has 1 amide bonds. The van der Waals surface area contributed by atoms with Crippen LogP contribution in [-0.2, 0) is 26.8 Å². The lowest BCUT2D eigenvalue weighted by molar-refractivity contribution is -0.129. The Labute approximate surface area is 154 Å². The molecule has 2 aromatic carbocycles. The lowest BCUT2D eigenvalue weighted by Gasteiger charge is -2.40. The van der Waals surface area contributed by atoms with Crippen molar-refractivity contribution in [1.82, 2.24) is 10.0 Å². The van der Waals surface area contributed by atoms with E-state index in [2.05, 4.69) is 10.0 Å². The SMILES string of the molecule is O=C(NCCS(=O)(=O)NCc1ccccc1)C1(c2ccccc2)CCC1. The Balaban J connectivity index is 1.51. The molecule has 0 radical (unpaired) electrons. The highest BCUT2D eigenvalue weighted by Gasteiger charge is 2.45. The zero-order chi connectivity index (χ0) is 18.5. The van der Waals surface area contributed by atoms with E-state index < -0.39 is 15.4 Å². The van der Waals surface area contributed by atoms with Gasteiger partial charge in [0.25, 0.3) is 0 Å². The number of hydrogen-bond acceptors (Lipinski definition) is 3. The number of carbonyl (C=O) groups excluding carboxylic acids is 1. The average molecular weight is 372 g/mol. The van der Waals surface area contributed by atoms with Crippen molar-refractivity contribution in [2.75, 3.05) is 12.3 Å². The molecular formula is C20H24N2O3S. The summed E-state index contributed by atoms with van der Waals surface area (Å²) in [5, 5.41) is 2.82. The molecule has 0 aliphatic heterocycles. The Morgan fingerprint density at radius 2 is 1.58 bits per heavy atom. The molecule has 0 spiro atoms. The molecule has 0 heterocycles. The molecule has 138 valence electrons. The van der Waals surface area contributed by atoms with Gasteiger partial charge in [-0.1, -0.05) is 67.1 Å². The third-order valence-electron chi connectivity index (χ3n) is 4.96. The minimum atomic E-state index is -3.44. The number of hydrogen-bond donors (Lipinski definition) is 2. The number of rotatable bonds is 8. The zero-order valence-electron chi connectivity index (χ0n) is 14.6. The second kappa shape index (κ2) is 8.01. The van der Waals surface area contributed by atoms with Gasteiger partial charge in [-0.2, -0.15) is 0 Å². The van der Waals surface area contributed by atoms with Gasteiger partial charge >= 0.3 is 0 Å². The van der Waals surface area contributed by atoms with Crippen LogP contribution in [0.3, 0.4) is 0 Å². The van der Waals surface area contributed by atoms with Crippen LogP contribution in [0.2, 0.25) is 0 Å². The van der Waals surface area contributed by atoms with Crippen LogP contribution in [0.4, 0.5) is 0 Å². The van der Waals surface area contributed by atoms with E-state index in [1.165, 1.54) is 0 Å². The number of sulfonamides is 1. The van der Waals surface area contributed by atoms with Crippen LogP contribution >= 0.6 is 0 Å². The minimum Gasteiger partial charge on any atom is -0.354 e. The molecule has 5 nitrogen and oxygen atoms in total. The van der Waals surface area contributed by atoms with Crippen LogP contribution < -0.4 is 10.0 Å². The second-order valence-electron chi connectivity index (χ2n) is 6.68. The summed E-state index contributed by atoms with van der Waals surface area (Å²) in [6, 6.07) is 19.1. The van der Waals surface area contributed by atoms with Crippen molar-refractivity contribution in [3.05, 3.63) is 71.8 Å². The van der Waals surface area contributed by atoms with Crippen molar-refractivity contribution in [2.45, 2.75) is 31.2 Å². The molecule has 1 saturated carbocycles. The lowest BCUT2D eigenvalue weighted by Crippen LogP contribution is -2.50. The molecule has 0 bridgehead atoms. The highest BCUT2D eigenvalue weighted by molar-refractivity contribution is 7.89. The van der Waals surface area contributed by atoms with E-state index in [1.807, 2.05) is 60.7 Å². The topological polar surface area (TPSA) is 75.3 Å². The fraction of sp³-hybridized carbons (Fsp3) is 0.350. The first-order valence-corrected chi connectivity index (χ1v) is 10.5. The van der Waals surface area contributed by atoms with E-state index in [0.717, 1.165) is 30.4 Å². The van der Waals surface area contributed by atoms with Crippen LogP contribution in [0.25, 0.3) is 0 Å². The van der Waals surface area contributed by atoms with Gasteiger partial charge in [0.15, 0.2) is 0 Å². The Bertz CT molecular complexity index is 832. The van der Waals surface area contributed by atoms with Gasteiger partial charge in [-0.05, 0) is 24.0 Å². The van der Waals surface area contributed by atoms with Gasteiger partial charge in [0.05, 0.1) is 11.2 Å². The van der Waals surface area contributed by atoms with Crippen molar-refractivity contribution in [2.24, 2.45) is 0 Å². The molecule has 0 unspecified atom stereocenters. The van der Waals surface area contributed by atoms with E-state index in [9.17, 15) is 13.2 Å². The fourth-order valence-corrected chi connectivity index (χ4v) is 4.17. The van der Waals surface area contributed by atoms with Crippen molar-refractivity contribution in [1.29, 1.82) is 0 Å². The normalized spacial score (nSPS) is 15.8. The predicted molar refractivity (Wildman–Crippen MR) is 102 cm³/mol. The number of carbonyl (C=O) groups is 1. The molecule has 6 heteroatoms. The summed E-state index contributed by atoms with van der Waals surface area (Å²) in [4.78, 5) is 12.7. The predicted octanol–water partition coefficient (Wildman–Crippen LogP) is 2.34. The van der Waals surface area contributed by atoms with E-state index in [1.54, 1.807) is 0 Å². The van der Waals surface area contributed by atoms with Crippen LogP contribution in [0, 0.1) is 0 Å². The maximum Gasteiger partial charge on any atom is 0.230 e. The van der Waals surface area contributed by atoms with E-state index in [4.69, 9.17) is 0 Å². The van der Waals surface area contributed by atoms with E-state index in [0.29, 0.717) is 0 Å². The molecule has 26 heavy (non-hydrogen) atoms. The van der Waals surface area contributed by atoms with Crippen LogP contribution in [0.15, 0.2) is 60.7 Å². The molecule has 1 aliphatic carbocycles. The third kappa shape index (κ3) is 4.31. The Kier molecular flexibility index (Phi) is 5.74. The van der Waals surface area contributed by atoms with E-state index in [-0.39, 0.29) is 24.7 Å². The monoisotopic (exact) mass is 372 g/mol. The van der Waals surface area contributed by atoms with Gasteiger partial charge < -0.3 is 5.32 Å². The van der Waals surface area contributed by atoms with Gasteiger partial charge in [0.1, 0.15) is 0 Å². The summed E-state index contributed by atoms with van der Waals surface area (Å²) in [5.41, 5.74) is 1.41. The summed E-state index contributed by atoms with van der Waals surface area (Å²) in [6.45, 7) is 0.364. The molecule has 0 aromatic heterocycles. The quantitative estimate of drug-likeness (QED) is 0.747. The molecule has 0 saturated heterocycles. The minimum absolute atomic E-state index is 0.0757. The van der Waals surface area contributed by atoms with Gasteiger partial charge in [-0.25, -0.2) is 13.1 Å². The van der Waals surface area contributed by atoms with Gasteiger partial charge in [0, 0.05) is 13.1 Å². The summed E-state index contributed by atoms with van der Waals surface area (Å²) in [5.74, 6) is -0.204. The zero-order valence-corrected chi connectivity index (χ0v) is 15.5. The molecule has 1 aliphatic rings. The maximum atomic E-state index is 12.7. The molecule has 2 aromatic rings. The number of benzene rings is 2. The molecule has 0 atom stereocenters. The average Bonchev–Trinajstić information content (AvgIpc) is 2.61. The molecular weight excluding hydrogens is 348 g/mol. The summed E-state index contributed by atoms with van der Waals surface area (Å²) in [6.07, 6.45) is 2.63. The van der Waals surface area contributed by atoms with Gasteiger partial charge in [0.2, 0.25) is 15.9 Å². The number of amides is 1. The summed E-state index contributed by atoms with van der Waals surface area (Å²) >= 11 is 0. The van der Waals surface area contributed by atoms with Crippen LogP contribution in [0.1, 0.15) is 30.4 Å². The highest BCUT2D eigenvalue weighted by Crippen LogP contribution is 2.43. The molecule has 1 fully saturated rings. The highest BCUT2D eigenvalue weighted by atomic mass is 32.2. The van der Waals surface area contributed by atoms with Crippen LogP contribution in [-0.4, -0.2) is 26.6 Å². The fourth-order valence-electron chi connectivity index (χ4n) is 3.26. The van der Waals surface area contributed by atoms with Crippen molar-refractivity contribution in [3.8, 4) is 0 Å². The summed E-state index contributed by atoms with van der Waals surface area (Å²) in [7, 11) is -3.44. The Morgan fingerprint density at radius 3 is 2.15 bits per heavy atom. The standard InChI is InChI=1S/C20H24N2O3S/c23-19(20(12-7-13-20)18-10-5-2-6-11-18)21-14-15-26(24,25)22-16-17-8-3-1-4-9-17/h1-6,8-11,22H,7,12-16H2,(H,21,23). The number of nitrogens with one attached hydrogen (secondary N) is 2. The molecule has 3 rings (SSSR count). The van der Waals surface area contributed by atoms with Crippen LogP contribution in [0.5, 0.6) is 0 Å². The van der Waals surface area contributed by atoms with E-state index >= 15 is 0 Å². The van der Waals surface area contributed by atoms with Crippen molar-refractivity contribution < 1.29 is 13.2 Å². The van der Waals surface area contributed by atoms with Crippen molar-refractivity contribution in [3.63, 3.8) is 0 Å². The first-order chi connectivity index (χ1) is 12.5. The smallest absolute Gasteiger partial charge is 0.230 e. The molecule has 2 N–H and O–H groups in total.